The molecule has 0 aliphatic heterocycles. The van der Waals surface area contributed by atoms with Crippen LogP contribution >= 0.6 is 0 Å². The number of hydrogen-bond acceptors (Lipinski definition) is 3. The minimum absolute atomic E-state index is 0.161. The average Bonchev–Trinajstić information content (AvgIpc) is 2.21. The molecular weight excluding hydrogens is 180 g/mol. The van der Waals surface area contributed by atoms with Gasteiger partial charge >= 0.3 is 0 Å². The molecule has 2 unspecified atom stereocenters. The van der Waals surface area contributed by atoms with Crippen LogP contribution in [0.1, 0.15) is 40.0 Å². The molecule has 0 rings (SSSR count). The predicted molar refractivity (Wildman–Crippen MR) is 57.4 cm³/mol. The number of aliphatic hydroxyl groups is 1. The lowest BCUT2D eigenvalue weighted by atomic mass is 10.1. The lowest BCUT2D eigenvalue weighted by molar-refractivity contribution is -0.00731. The maximum atomic E-state index is 9.28. The summed E-state index contributed by atoms with van der Waals surface area (Å²) in [5.41, 5.74) is 0. The van der Waals surface area contributed by atoms with Gasteiger partial charge in [-0.15, -0.1) is 0 Å². The fourth-order valence-corrected chi connectivity index (χ4v) is 1.14. The van der Waals surface area contributed by atoms with Crippen LogP contribution in [-0.4, -0.2) is 37.1 Å². The van der Waals surface area contributed by atoms with Gasteiger partial charge in [0.05, 0.1) is 18.8 Å². The highest BCUT2D eigenvalue weighted by Crippen LogP contribution is 2.02. The molecule has 0 radical (unpaired) electrons. The molecule has 14 heavy (non-hydrogen) atoms. The average molecular weight is 204 g/mol. The molecule has 0 aromatic heterocycles. The van der Waals surface area contributed by atoms with Crippen molar-refractivity contribution < 1.29 is 14.6 Å². The third kappa shape index (κ3) is 8.48. The van der Waals surface area contributed by atoms with E-state index in [2.05, 4.69) is 0 Å². The monoisotopic (exact) mass is 204 g/mol. The summed E-state index contributed by atoms with van der Waals surface area (Å²) in [5.74, 6) is 0. The topological polar surface area (TPSA) is 38.7 Å². The number of rotatable bonds is 9. The Morgan fingerprint density at radius 2 is 2.00 bits per heavy atom. The Morgan fingerprint density at radius 3 is 2.57 bits per heavy atom. The van der Waals surface area contributed by atoms with Crippen LogP contribution in [0.4, 0.5) is 0 Å². The van der Waals surface area contributed by atoms with E-state index in [4.69, 9.17) is 9.47 Å². The highest BCUT2D eigenvalue weighted by atomic mass is 16.5. The largest absolute Gasteiger partial charge is 0.393 e. The van der Waals surface area contributed by atoms with E-state index < -0.39 is 0 Å². The summed E-state index contributed by atoms with van der Waals surface area (Å²) in [7, 11) is 0. The Balaban J connectivity index is 3.18. The fourth-order valence-electron chi connectivity index (χ4n) is 1.14. The molecule has 86 valence electrons. The van der Waals surface area contributed by atoms with E-state index in [1.54, 1.807) is 0 Å². The molecule has 0 aliphatic rings. The normalized spacial score (nSPS) is 15.4. The zero-order valence-electron chi connectivity index (χ0n) is 9.66. The SMILES string of the molecule is CCOCC(C)OCCCC(O)CC. The Kier molecular flexibility index (Phi) is 9.35. The van der Waals surface area contributed by atoms with Gasteiger partial charge in [-0.25, -0.2) is 0 Å². The zero-order chi connectivity index (χ0) is 10.8. The second kappa shape index (κ2) is 9.44. The van der Waals surface area contributed by atoms with Crippen LogP contribution in [0, 0.1) is 0 Å². The summed E-state index contributed by atoms with van der Waals surface area (Å²) in [6.45, 7) is 8.08. The molecule has 0 fully saturated rings. The number of aliphatic hydroxyl groups excluding tert-OH is 1. The molecule has 3 nitrogen and oxygen atoms in total. The van der Waals surface area contributed by atoms with Crippen molar-refractivity contribution in [2.45, 2.75) is 52.2 Å². The molecule has 0 saturated carbocycles. The maximum absolute atomic E-state index is 9.28. The Labute approximate surface area is 87.4 Å². The van der Waals surface area contributed by atoms with Crippen LogP contribution in [0.2, 0.25) is 0 Å². The van der Waals surface area contributed by atoms with Crippen molar-refractivity contribution in [1.82, 2.24) is 0 Å². The molecule has 2 atom stereocenters. The summed E-state index contributed by atoms with van der Waals surface area (Å²) in [5, 5.41) is 9.28. The smallest absolute Gasteiger partial charge is 0.0780 e. The van der Waals surface area contributed by atoms with Crippen molar-refractivity contribution >= 4 is 0 Å². The van der Waals surface area contributed by atoms with Gasteiger partial charge in [0.2, 0.25) is 0 Å². The van der Waals surface area contributed by atoms with E-state index >= 15 is 0 Å². The van der Waals surface area contributed by atoms with Gasteiger partial charge in [0.1, 0.15) is 0 Å². The molecule has 0 aromatic carbocycles. The van der Waals surface area contributed by atoms with Gasteiger partial charge in [-0.05, 0) is 33.1 Å². The van der Waals surface area contributed by atoms with E-state index in [1.165, 1.54) is 0 Å². The van der Waals surface area contributed by atoms with E-state index in [0.29, 0.717) is 13.2 Å². The molecule has 0 saturated heterocycles. The van der Waals surface area contributed by atoms with Gasteiger partial charge in [0.25, 0.3) is 0 Å². The van der Waals surface area contributed by atoms with Crippen LogP contribution in [0.15, 0.2) is 0 Å². The number of hydrogen-bond donors (Lipinski definition) is 1. The molecular formula is C11H24O3. The van der Waals surface area contributed by atoms with Crippen LogP contribution in [0.25, 0.3) is 0 Å². The van der Waals surface area contributed by atoms with Gasteiger partial charge in [0.15, 0.2) is 0 Å². The van der Waals surface area contributed by atoms with Crippen molar-refractivity contribution in [3.05, 3.63) is 0 Å². The lowest BCUT2D eigenvalue weighted by Gasteiger charge is -2.13. The summed E-state index contributed by atoms with van der Waals surface area (Å²) in [6.07, 6.45) is 2.58. The van der Waals surface area contributed by atoms with Crippen LogP contribution < -0.4 is 0 Å². The van der Waals surface area contributed by atoms with Crippen LogP contribution in [0.5, 0.6) is 0 Å². The zero-order valence-corrected chi connectivity index (χ0v) is 9.66. The lowest BCUT2D eigenvalue weighted by Crippen LogP contribution is -2.17. The van der Waals surface area contributed by atoms with Gasteiger partial charge in [-0.1, -0.05) is 6.92 Å². The van der Waals surface area contributed by atoms with E-state index in [-0.39, 0.29) is 12.2 Å². The minimum atomic E-state index is -0.166. The van der Waals surface area contributed by atoms with Crippen molar-refractivity contribution in [2.24, 2.45) is 0 Å². The van der Waals surface area contributed by atoms with Crippen molar-refractivity contribution in [3.63, 3.8) is 0 Å². The highest BCUT2D eigenvalue weighted by Gasteiger charge is 2.03. The Bertz CT molecular complexity index is 117. The summed E-state index contributed by atoms with van der Waals surface area (Å²) < 4.78 is 10.7. The van der Waals surface area contributed by atoms with Crippen LogP contribution in [-0.2, 0) is 9.47 Å². The second-order valence-corrected chi connectivity index (χ2v) is 3.55. The first-order chi connectivity index (χ1) is 6.70. The standard InChI is InChI=1S/C11H24O3/c1-4-11(12)7-6-8-14-10(3)9-13-5-2/h10-12H,4-9H2,1-3H3. The van der Waals surface area contributed by atoms with E-state index in [9.17, 15) is 5.11 Å². The Hall–Kier alpha value is -0.120. The van der Waals surface area contributed by atoms with E-state index in [0.717, 1.165) is 25.9 Å². The molecule has 1 N–H and O–H groups in total. The summed E-state index contributed by atoms with van der Waals surface area (Å²) >= 11 is 0. The molecule has 0 aliphatic carbocycles. The Morgan fingerprint density at radius 1 is 1.29 bits per heavy atom. The maximum Gasteiger partial charge on any atom is 0.0780 e. The summed E-state index contributed by atoms with van der Waals surface area (Å²) in [4.78, 5) is 0. The fraction of sp³-hybridized carbons (Fsp3) is 1.00. The van der Waals surface area contributed by atoms with Gasteiger partial charge in [-0.2, -0.15) is 0 Å². The summed E-state index contributed by atoms with van der Waals surface area (Å²) in [6, 6.07) is 0. The molecule has 0 aromatic rings. The van der Waals surface area contributed by atoms with Crippen molar-refractivity contribution in [1.29, 1.82) is 0 Å². The van der Waals surface area contributed by atoms with Gasteiger partial charge < -0.3 is 14.6 Å². The third-order valence-electron chi connectivity index (χ3n) is 2.11. The first-order valence-electron chi connectivity index (χ1n) is 5.58. The van der Waals surface area contributed by atoms with Crippen molar-refractivity contribution in [2.75, 3.05) is 19.8 Å². The quantitative estimate of drug-likeness (QED) is 0.584. The first kappa shape index (κ1) is 13.9. The third-order valence-corrected chi connectivity index (χ3v) is 2.11. The van der Waals surface area contributed by atoms with Gasteiger partial charge in [0, 0.05) is 13.2 Å². The second-order valence-electron chi connectivity index (χ2n) is 3.55. The highest BCUT2D eigenvalue weighted by molar-refractivity contribution is 4.53. The van der Waals surface area contributed by atoms with Crippen molar-refractivity contribution in [3.8, 4) is 0 Å². The molecule has 3 heteroatoms. The molecule has 0 bridgehead atoms. The molecule has 0 amide bonds. The molecule has 0 heterocycles. The minimum Gasteiger partial charge on any atom is -0.393 e. The first-order valence-corrected chi connectivity index (χ1v) is 5.58. The predicted octanol–water partition coefficient (Wildman–Crippen LogP) is 1.98. The van der Waals surface area contributed by atoms with Crippen LogP contribution in [0.3, 0.4) is 0 Å². The van der Waals surface area contributed by atoms with E-state index in [1.807, 2.05) is 20.8 Å². The number of ether oxygens (including phenoxy) is 2. The molecule has 0 spiro atoms. The van der Waals surface area contributed by atoms with Gasteiger partial charge in [-0.3, -0.25) is 0 Å².